The van der Waals surface area contributed by atoms with Gasteiger partial charge in [-0.05, 0) is 48.0 Å². The van der Waals surface area contributed by atoms with E-state index in [1.54, 1.807) is 0 Å². The Labute approximate surface area is 170 Å². The fourth-order valence-corrected chi connectivity index (χ4v) is 3.02. The molecule has 0 aliphatic heterocycles. The van der Waals surface area contributed by atoms with Crippen LogP contribution in [0.5, 0.6) is 11.5 Å². The number of hydrogen-bond acceptors (Lipinski definition) is 2. The van der Waals surface area contributed by atoms with E-state index in [9.17, 15) is 4.79 Å². The standard InChI is InChI=1S/C25H20N2O2/c28-25(19-27-17-7-10-21(18-27)20-8-3-1-4-9-20)26-22-13-15-24(16-14-22)29-23-11-5-2-6-12-23/h1-18H,19H2/p+1. The molecule has 1 aromatic heterocycles. The molecule has 4 heteroatoms. The molecule has 0 bridgehead atoms. The molecule has 0 aliphatic rings. The van der Waals surface area contributed by atoms with E-state index in [0.717, 1.165) is 28.3 Å². The molecule has 4 rings (SSSR count). The number of para-hydroxylation sites is 1. The molecule has 0 saturated carbocycles. The van der Waals surface area contributed by atoms with E-state index in [1.807, 2.05) is 102 Å². The lowest BCUT2D eigenvalue weighted by molar-refractivity contribution is -0.683. The fraction of sp³-hybridized carbons (Fsp3) is 0.0400. The van der Waals surface area contributed by atoms with Gasteiger partial charge in [0.25, 0.3) is 5.91 Å². The van der Waals surface area contributed by atoms with Crippen molar-refractivity contribution in [3.05, 3.63) is 109 Å². The van der Waals surface area contributed by atoms with Crippen LogP contribution in [0.4, 0.5) is 5.69 Å². The summed E-state index contributed by atoms with van der Waals surface area (Å²) < 4.78 is 7.65. The number of benzene rings is 3. The van der Waals surface area contributed by atoms with Crippen LogP contribution in [0.15, 0.2) is 109 Å². The molecule has 4 aromatic rings. The highest BCUT2D eigenvalue weighted by molar-refractivity contribution is 5.89. The van der Waals surface area contributed by atoms with Crippen LogP contribution >= 0.6 is 0 Å². The molecule has 0 atom stereocenters. The molecule has 0 unspecified atom stereocenters. The molecular formula is C25H21N2O2+. The molecule has 0 spiro atoms. The fourth-order valence-electron chi connectivity index (χ4n) is 3.02. The summed E-state index contributed by atoms with van der Waals surface area (Å²) in [6.45, 7) is 0.239. The molecule has 0 radical (unpaired) electrons. The Balaban J connectivity index is 1.37. The lowest BCUT2D eigenvalue weighted by atomic mass is 10.1. The van der Waals surface area contributed by atoms with Crippen molar-refractivity contribution in [2.24, 2.45) is 0 Å². The van der Waals surface area contributed by atoms with Crippen LogP contribution in [0, 0.1) is 0 Å². The topological polar surface area (TPSA) is 42.2 Å². The van der Waals surface area contributed by atoms with Crippen LogP contribution in [0.1, 0.15) is 0 Å². The third-order valence-corrected chi connectivity index (χ3v) is 4.41. The summed E-state index contributed by atoms with van der Waals surface area (Å²) in [7, 11) is 0. The zero-order valence-corrected chi connectivity index (χ0v) is 15.9. The maximum atomic E-state index is 12.4. The van der Waals surface area contributed by atoms with Crippen molar-refractivity contribution in [2.45, 2.75) is 6.54 Å². The molecule has 29 heavy (non-hydrogen) atoms. The smallest absolute Gasteiger partial charge is 0.290 e. The number of rotatable bonds is 6. The molecule has 1 heterocycles. The van der Waals surface area contributed by atoms with Crippen molar-refractivity contribution < 1.29 is 14.1 Å². The first-order valence-corrected chi connectivity index (χ1v) is 9.44. The first-order chi connectivity index (χ1) is 14.3. The van der Waals surface area contributed by atoms with Crippen LogP contribution in [-0.4, -0.2) is 5.91 Å². The van der Waals surface area contributed by atoms with Gasteiger partial charge in [0.2, 0.25) is 6.54 Å². The summed E-state index contributed by atoms with van der Waals surface area (Å²) in [5.74, 6) is 1.41. The summed E-state index contributed by atoms with van der Waals surface area (Å²) in [5, 5.41) is 2.93. The van der Waals surface area contributed by atoms with Crippen molar-refractivity contribution in [1.29, 1.82) is 0 Å². The Bertz CT molecular complexity index is 1080. The molecule has 0 fully saturated rings. The Kier molecular flexibility index (Phi) is 5.63. The van der Waals surface area contributed by atoms with Crippen molar-refractivity contribution >= 4 is 11.6 Å². The highest BCUT2D eigenvalue weighted by atomic mass is 16.5. The molecule has 4 nitrogen and oxygen atoms in total. The summed E-state index contributed by atoms with van der Waals surface area (Å²) >= 11 is 0. The molecule has 1 amide bonds. The summed E-state index contributed by atoms with van der Waals surface area (Å²) in [5.41, 5.74) is 2.93. The van der Waals surface area contributed by atoms with Gasteiger partial charge in [0.1, 0.15) is 11.5 Å². The monoisotopic (exact) mass is 381 g/mol. The van der Waals surface area contributed by atoms with Gasteiger partial charge in [-0.1, -0.05) is 48.5 Å². The van der Waals surface area contributed by atoms with E-state index in [4.69, 9.17) is 4.74 Å². The van der Waals surface area contributed by atoms with Crippen LogP contribution in [0.3, 0.4) is 0 Å². The first kappa shape index (κ1) is 18.4. The number of hydrogen-bond donors (Lipinski definition) is 1. The quantitative estimate of drug-likeness (QED) is 0.474. The predicted molar refractivity (Wildman–Crippen MR) is 114 cm³/mol. The van der Waals surface area contributed by atoms with Gasteiger partial charge >= 0.3 is 0 Å². The van der Waals surface area contributed by atoms with Gasteiger partial charge in [-0.15, -0.1) is 0 Å². The van der Waals surface area contributed by atoms with E-state index in [1.165, 1.54) is 0 Å². The molecule has 0 saturated heterocycles. The summed E-state index contributed by atoms with van der Waals surface area (Å²) in [4.78, 5) is 12.4. The lowest BCUT2D eigenvalue weighted by Gasteiger charge is -2.07. The Morgan fingerprint density at radius 2 is 1.34 bits per heavy atom. The number of nitrogens with one attached hydrogen (secondary N) is 1. The number of aromatic nitrogens is 1. The molecular weight excluding hydrogens is 360 g/mol. The van der Waals surface area contributed by atoms with E-state index in [-0.39, 0.29) is 12.5 Å². The number of pyridine rings is 1. The number of ether oxygens (including phenoxy) is 1. The Morgan fingerprint density at radius 3 is 2.07 bits per heavy atom. The van der Waals surface area contributed by atoms with Gasteiger partial charge < -0.3 is 10.1 Å². The first-order valence-electron chi connectivity index (χ1n) is 9.44. The van der Waals surface area contributed by atoms with Crippen molar-refractivity contribution in [3.63, 3.8) is 0 Å². The highest BCUT2D eigenvalue weighted by Crippen LogP contribution is 2.22. The van der Waals surface area contributed by atoms with Crippen LogP contribution in [0.25, 0.3) is 11.1 Å². The number of amides is 1. The van der Waals surface area contributed by atoms with E-state index < -0.39 is 0 Å². The number of anilines is 1. The maximum absolute atomic E-state index is 12.4. The van der Waals surface area contributed by atoms with Crippen molar-refractivity contribution in [1.82, 2.24) is 0 Å². The van der Waals surface area contributed by atoms with E-state index in [0.29, 0.717) is 0 Å². The number of carbonyl (C=O) groups excluding carboxylic acids is 1. The average molecular weight is 381 g/mol. The van der Waals surface area contributed by atoms with Crippen molar-refractivity contribution in [2.75, 3.05) is 5.32 Å². The van der Waals surface area contributed by atoms with Gasteiger partial charge in [-0.3, -0.25) is 4.79 Å². The number of nitrogens with zero attached hydrogens (tertiary/aromatic N) is 1. The van der Waals surface area contributed by atoms with E-state index >= 15 is 0 Å². The third-order valence-electron chi connectivity index (χ3n) is 4.41. The van der Waals surface area contributed by atoms with Gasteiger partial charge in [-0.2, -0.15) is 4.57 Å². The second kappa shape index (κ2) is 8.85. The second-order valence-corrected chi connectivity index (χ2v) is 6.62. The molecule has 3 aromatic carbocycles. The zero-order chi connectivity index (χ0) is 19.9. The Hall–Kier alpha value is -3.92. The summed E-state index contributed by atoms with van der Waals surface area (Å²) in [6.07, 6.45) is 3.87. The van der Waals surface area contributed by atoms with Crippen LogP contribution in [-0.2, 0) is 11.3 Å². The molecule has 142 valence electrons. The highest BCUT2D eigenvalue weighted by Gasteiger charge is 2.11. The van der Waals surface area contributed by atoms with E-state index in [2.05, 4.69) is 17.4 Å². The third kappa shape index (κ3) is 5.08. The largest absolute Gasteiger partial charge is 0.457 e. The second-order valence-electron chi connectivity index (χ2n) is 6.62. The molecule has 0 aliphatic carbocycles. The van der Waals surface area contributed by atoms with Gasteiger partial charge in [0.05, 0.1) is 0 Å². The Morgan fingerprint density at radius 1 is 0.724 bits per heavy atom. The van der Waals surface area contributed by atoms with Gasteiger partial charge in [-0.25, -0.2) is 0 Å². The predicted octanol–water partition coefficient (Wildman–Crippen LogP) is 5.07. The van der Waals surface area contributed by atoms with Crippen LogP contribution < -0.4 is 14.6 Å². The summed E-state index contributed by atoms with van der Waals surface area (Å²) in [6, 6.07) is 31.0. The minimum atomic E-state index is -0.0862. The molecule has 1 N–H and O–H groups in total. The van der Waals surface area contributed by atoms with Crippen molar-refractivity contribution in [3.8, 4) is 22.6 Å². The lowest BCUT2D eigenvalue weighted by Crippen LogP contribution is -2.39. The van der Waals surface area contributed by atoms with Gasteiger partial charge in [0, 0.05) is 17.3 Å². The SMILES string of the molecule is O=C(C[n+]1cccc(-c2ccccc2)c1)Nc1ccc(Oc2ccccc2)cc1. The van der Waals surface area contributed by atoms with Gasteiger partial charge in [0.15, 0.2) is 12.4 Å². The minimum absolute atomic E-state index is 0.0862. The maximum Gasteiger partial charge on any atom is 0.290 e. The zero-order valence-electron chi connectivity index (χ0n) is 15.9. The minimum Gasteiger partial charge on any atom is -0.457 e. The van der Waals surface area contributed by atoms with Crippen LogP contribution in [0.2, 0.25) is 0 Å². The number of carbonyl (C=O) groups is 1. The average Bonchev–Trinajstić information content (AvgIpc) is 2.77. The normalized spacial score (nSPS) is 10.3.